The lowest BCUT2D eigenvalue weighted by atomic mass is 10.0. The number of benzodiazepines with no additional fused rings is 1. The zero-order valence-corrected chi connectivity index (χ0v) is 14.4. The van der Waals surface area contributed by atoms with E-state index in [1.807, 2.05) is 49.4 Å². The number of hydrogen-bond donors (Lipinski definition) is 1. The Bertz CT molecular complexity index is 789. The van der Waals surface area contributed by atoms with Gasteiger partial charge in [-0.05, 0) is 24.6 Å². The molecule has 0 aliphatic carbocycles. The Balaban J connectivity index is 2.26. The first-order valence-corrected chi connectivity index (χ1v) is 8.29. The van der Waals surface area contributed by atoms with Crippen molar-refractivity contribution in [2.24, 2.45) is 4.99 Å². The highest BCUT2D eigenvalue weighted by Gasteiger charge is 2.33. The van der Waals surface area contributed by atoms with Crippen molar-refractivity contribution in [2.45, 2.75) is 25.5 Å². The van der Waals surface area contributed by atoms with E-state index in [0.717, 1.165) is 16.8 Å². The molecule has 0 saturated carbocycles. The fourth-order valence-electron chi connectivity index (χ4n) is 2.87. The minimum Gasteiger partial charge on any atom is -0.390 e. The second-order valence-electron chi connectivity index (χ2n) is 5.82. The summed E-state index contributed by atoms with van der Waals surface area (Å²) < 4.78 is 0. The second kappa shape index (κ2) is 6.75. The molecule has 1 heterocycles. The van der Waals surface area contributed by atoms with Gasteiger partial charge in [-0.3, -0.25) is 9.79 Å². The quantitative estimate of drug-likeness (QED) is 0.930. The number of halogens is 1. The number of likely N-dealkylation sites (N-methyl/N-ethyl adjacent to an activating group) is 1. The highest BCUT2D eigenvalue weighted by Crippen LogP contribution is 2.31. The lowest BCUT2D eigenvalue weighted by Crippen LogP contribution is -2.41. The third kappa shape index (κ3) is 2.95. The van der Waals surface area contributed by atoms with Gasteiger partial charge in [-0.15, -0.1) is 0 Å². The summed E-state index contributed by atoms with van der Waals surface area (Å²) in [5.41, 5.74) is 3.08. The fourth-order valence-corrected chi connectivity index (χ4v) is 3.04. The molecule has 5 heteroatoms. The van der Waals surface area contributed by atoms with Gasteiger partial charge in [0.2, 0.25) is 0 Å². The number of benzene rings is 2. The van der Waals surface area contributed by atoms with E-state index in [9.17, 15) is 9.90 Å². The van der Waals surface area contributed by atoms with E-state index < -0.39 is 12.1 Å². The molecule has 0 fully saturated rings. The molecule has 3 rings (SSSR count). The second-order valence-corrected chi connectivity index (χ2v) is 6.26. The van der Waals surface area contributed by atoms with Crippen LogP contribution in [0.4, 0.5) is 5.69 Å². The number of nitrogens with zero attached hydrogens (tertiary/aromatic N) is 2. The number of fused-ring (bicyclic) bond motifs is 1. The predicted molar refractivity (Wildman–Crippen MR) is 97.0 cm³/mol. The maximum absolute atomic E-state index is 12.8. The minimum absolute atomic E-state index is 0.223. The van der Waals surface area contributed by atoms with Crippen molar-refractivity contribution < 1.29 is 9.90 Å². The smallest absolute Gasteiger partial charge is 0.254 e. The molecule has 0 aromatic heterocycles. The molecule has 0 bridgehead atoms. The average Bonchev–Trinajstić information content (AvgIpc) is 2.71. The lowest BCUT2D eigenvalue weighted by Gasteiger charge is -2.22. The van der Waals surface area contributed by atoms with Crippen molar-refractivity contribution in [1.29, 1.82) is 0 Å². The van der Waals surface area contributed by atoms with Crippen LogP contribution in [-0.2, 0) is 4.79 Å². The van der Waals surface area contributed by atoms with E-state index in [2.05, 4.69) is 4.99 Å². The molecule has 2 aromatic carbocycles. The van der Waals surface area contributed by atoms with Crippen LogP contribution in [0.5, 0.6) is 0 Å². The number of aliphatic imine (C=N–C) groups is 1. The van der Waals surface area contributed by atoms with Gasteiger partial charge in [-0.25, -0.2) is 0 Å². The number of carbonyl (C=O) groups is 1. The largest absolute Gasteiger partial charge is 0.390 e. The Morgan fingerprint density at radius 1 is 1.25 bits per heavy atom. The van der Waals surface area contributed by atoms with Crippen LogP contribution in [-0.4, -0.2) is 35.9 Å². The molecule has 0 saturated heterocycles. The minimum atomic E-state index is -0.832. The van der Waals surface area contributed by atoms with Crippen LogP contribution < -0.4 is 4.90 Å². The summed E-state index contributed by atoms with van der Waals surface area (Å²) in [7, 11) is 1.70. The maximum atomic E-state index is 12.8. The Morgan fingerprint density at radius 2 is 1.96 bits per heavy atom. The van der Waals surface area contributed by atoms with Gasteiger partial charge >= 0.3 is 0 Å². The van der Waals surface area contributed by atoms with Gasteiger partial charge in [-0.1, -0.05) is 48.9 Å². The first-order valence-electron chi connectivity index (χ1n) is 7.91. The van der Waals surface area contributed by atoms with Gasteiger partial charge in [0.05, 0.1) is 17.5 Å². The van der Waals surface area contributed by atoms with Crippen LogP contribution in [0, 0.1) is 0 Å². The Labute approximate surface area is 146 Å². The van der Waals surface area contributed by atoms with Crippen molar-refractivity contribution >= 4 is 28.9 Å². The van der Waals surface area contributed by atoms with Gasteiger partial charge in [-0.2, -0.15) is 0 Å². The topological polar surface area (TPSA) is 52.9 Å². The molecule has 2 atom stereocenters. The summed E-state index contributed by atoms with van der Waals surface area (Å²) >= 11 is 6.19. The normalized spacial score (nSPS) is 18.7. The SMILES string of the molecule is CCC(O)C1N=C(c2ccccc2)c2cc(Cl)ccc2N(C)C1=O. The monoisotopic (exact) mass is 342 g/mol. The number of hydrogen-bond acceptors (Lipinski definition) is 3. The highest BCUT2D eigenvalue weighted by molar-refractivity contribution is 6.32. The Kier molecular flexibility index (Phi) is 4.69. The molecular formula is C19H19ClN2O2. The third-order valence-electron chi connectivity index (χ3n) is 4.26. The van der Waals surface area contributed by atoms with Crippen LogP contribution in [0.2, 0.25) is 5.02 Å². The third-order valence-corrected chi connectivity index (χ3v) is 4.49. The molecule has 2 aromatic rings. The molecule has 124 valence electrons. The molecule has 1 amide bonds. The van der Waals surface area contributed by atoms with E-state index in [1.165, 1.54) is 0 Å². The molecule has 2 unspecified atom stereocenters. The summed E-state index contributed by atoms with van der Waals surface area (Å²) in [6, 6.07) is 14.2. The van der Waals surface area contributed by atoms with Crippen molar-refractivity contribution in [3.8, 4) is 0 Å². The summed E-state index contributed by atoms with van der Waals surface area (Å²) in [6.45, 7) is 1.84. The van der Waals surface area contributed by atoms with Crippen LogP contribution in [0.15, 0.2) is 53.5 Å². The van der Waals surface area contributed by atoms with E-state index in [-0.39, 0.29) is 5.91 Å². The van der Waals surface area contributed by atoms with E-state index in [4.69, 9.17) is 11.6 Å². The molecule has 24 heavy (non-hydrogen) atoms. The Morgan fingerprint density at radius 3 is 2.62 bits per heavy atom. The zero-order chi connectivity index (χ0) is 17.3. The number of amides is 1. The number of carbonyl (C=O) groups excluding carboxylic acids is 1. The summed E-state index contributed by atoms with van der Waals surface area (Å²) in [5, 5.41) is 10.9. The molecule has 0 radical (unpaired) electrons. The number of aliphatic hydroxyl groups is 1. The number of rotatable bonds is 3. The van der Waals surface area contributed by atoms with E-state index in [0.29, 0.717) is 17.2 Å². The maximum Gasteiger partial charge on any atom is 0.254 e. The highest BCUT2D eigenvalue weighted by atomic mass is 35.5. The summed E-state index contributed by atoms with van der Waals surface area (Å²) in [4.78, 5) is 19.0. The van der Waals surface area contributed by atoms with Crippen LogP contribution >= 0.6 is 11.6 Å². The van der Waals surface area contributed by atoms with Gasteiger partial charge in [0.15, 0.2) is 6.04 Å². The number of aliphatic hydroxyl groups excluding tert-OH is 1. The molecule has 1 aliphatic rings. The fraction of sp³-hybridized carbons (Fsp3) is 0.263. The van der Waals surface area contributed by atoms with Crippen LogP contribution in [0.3, 0.4) is 0 Å². The van der Waals surface area contributed by atoms with E-state index in [1.54, 1.807) is 18.0 Å². The Hall–Kier alpha value is -2.17. The van der Waals surface area contributed by atoms with Crippen LogP contribution in [0.1, 0.15) is 24.5 Å². The van der Waals surface area contributed by atoms with Crippen molar-refractivity contribution in [1.82, 2.24) is 0 Å². The predicted octanol–water partition coefficient (Wildman–Crippen LogP) is 3.29. The van der Waals surface area contributed by atoms with Crippen LogP contribution in [0.25, 0.3) is 0 Å². The summed E-state index contributed by atoms with van der Waals surface area (Å²) in [6.07, 6.45) is -0.379. The number of anilines is 1. The standard InChI is InChI=1S/C19H19ClN2O2/c1-3-16(23)18-19(24)22(2)15-10-9-13(20)11-14(15)17(21-18)12-7-5-4-6-8-12/h4-11,16,18,23H,3H2,1-2H3. The first kappa shape index (κ1) is 16.7. The summed E-state index contributed by atoms with van der Waals surface area (Å²) in [5.74, 6) is -0.223. The van der Waals surface area contributed by atoms with Crippen molar-refractivity contribution in [2.75, 3.05) is 11.9 Å². The molecule has 1 aliphatic heterocycles. The molecule has 0 spiro atoms. The first-order chi connectivity index (χ1) is 11.5. The van der Waals surface area contributed by atoms with Gasteiger partial charge in [0.1, 0.15) is 0 Å². The molecule has 4 nitrogen and oxygen atoms in total. The zero-order valence-electron chi connectivity index (χ0n) is 13.6. The van der Waals surface area contributed by atoms with Gasteiger partial charge < -0.3 is 10.0 Å². The lowest BCUT2D eigenvalue weighted by molar-refractivity contribution is -0.121. The van der Waals surface area contributed by atoms with Crippen molar-refractivity contribution in [3.05, 3.63) is 64.7 Å². The molecular weight excluding hydrogens is 324 g/mol. The van der Waals surface area contributed by atoms with Gasteiger partial charge in [0.25, 0.3) is 5.91 Å². The van der Waals surface area contributed by atoms with E-state index >= 15 is 0 Å². The van der Waals surface area contributed by atoms with Gasteiger partial charge in [0, 0.05) is 23.2 Å². The average molecular weight is 343 g/mol. The molecule has 1 N–H and O–H groups in total. The van der Waals surface area contributed by atoms with Crippen molar-refractivity contribution in [3.63, 3.8) is 0 Å².